The topological polar surface area (TPSA) is 103 Å². The van der Waals surface area contributed by atoms with E-state index in [-0.39, 0.29) is 12.3 Å². The molecule has 1 aliphatic carbocycles. The predicted molar refractivity (Wildman–Crippen MR) is 159 cm³/mol. The molecule has 0 radical (unpaired) electrons. The number of rotatable bonds is 10. The van der Waals surface area contributed by atoms with Gasteiger partial charge in [-0.15, -0.1) is 11.3 Å². The molecule has 2 aromatic heterocycles. The number of benzene rings is 2. The van der Waals surface area contributed by atoms with Crippen molar-refractivity contribution in [1.82, 2.24) is 9.97 Å². The van der Waals surface area contributed by atoms with Gasteiger partial charge in [-0.05, 0) is 79.8 Å². The SMILES string of the molecule is COC(=O)c1c(NC(=O)CCSc2nc(-c3ccc(OC)cc3)c(-c3ccc(OC)cc3)[nH]2)sc2c1CCCC2. The molecule has 0 saturated heterocycles. The summed E-state index contributed by atoms with van der Waals surface area (Å²) in [7, 11) is 4.66. The minimum atomic E-state index is -0.392. The van der Waals surface area contributed by atoms with Crippen molar-refractivity contribution in [2.24, 2.45) is 0 Å². The van der Waals surface area contributed by atoms with E-state index in [2.05, 4.69) is 10.3 Å². The van der Waals surface area contributed by atoms with Crippen molar-refractivity contribution >= 4 is 40.0 Å². The summed E-state index contributed by atoms with van der Waals surface area (Å²) in [5.41, 5.74) is 5.16. The molecule has 5 rings (SSSR count). The van der Waals surface area contributed by atoms with Crippen LogP contribution in [0.2, 0.25) is 0 Å². The number of carbonyl (C=O) groups is 2. The maximum Gasteiger partial charge on any atom is 0.341 e. The van der Waals surface area contributed by atoms with Gasteiger partial charge in [0, 0.05) is 28.2 Å². The van der Waals surface area contributed by atoms with E-state index >= 15 is 0 Å². The van der Waals surface area contributed by atoms with Crippen molar-refractivity contribution in [3.05, 3.63) is 64.5 Å². The van der Waals surface area contributed by atoms with E-state index in [0.29, 0.717) is 21.5 Å². The van der Waals surface area contributed by atoms with E-state index in [1.807, 2.05) is 48.5 Å². The summed E-state index contributed by atoms with van der Waals surface area (Å²) in [4.78, 5) is 34.9. The van der Waals surface area contributed by atoms with Crippen LogP contribution in [0.4, 0.5) is 5.00 Å². The first-order valence-electron chi connectivity index (χ1n) is 13.0. The average Bonchev–Trinajstić information content (AvgIpc) is 3.58. The summed E-state index contributed by atoms with van der Waals surface area (Å²) in [6.07, 6.45) is 4.18. The summed E-state index contributed by atoms with van der Waals surface area (Å²) >= 11 is 2.97. The lowest BCUT2D eigenvalue weighted by Gasteiger charge is -2.11. The molecule has 8 nitrogen and oxygen atoms in total. The van der Waals surface area contributed by atoms with E-state index in [4.69, 9.17) is 19.2 Å². The second-order valence-electron chi connectivity index (χ2n) is 9.28. The second kappa shape index (κ2) is 12.6. The number of thioether (sulfide) groups is 1. The Kier molecular flexibility index (Phi) is 8.76. The normalized spacial score (nSPS) is 12.5. The highest BCUT2D eigenvalue weighted by molar-refractivity contribution is 7.99. The molecule has 0 unspecified atom stereocenters. The van der Waals surface area contributed by atoms with Crippen LogP contribution in [0.1, 0.15) is 40.1 Å². The van der Waals surface area contributed by atoms with Crippen LogP contribution in [0.25, 0.3) is 22.5 Å². The van der Waals surface area contributed by atoms with Gasteiger partial charge in [-0.1, -0.05) is 11.8 Å². The lowest BCUT2D eigenvalue weighted by Crippen LogP contribution is -2.15. The highest BCUT2D eigenvalue weighted by atomic mass is 32.2. The highest BCUT2D eigenvalue weighted by Crippen LogP contribution is 2.39. The minimum Gasteiger partial charge on any atom is -0.497 e. The fourth-order valence-corrected chi connectivity index (χ4v) is 6.85. The molecule has 10 heteroatoms. The quantitative estimate of drug-likeness (QED) is 0.162. The van der Waals surface area contributed by atoms with Crippen molar-refractivity contribution in [3.8, 4) is 34.0 Å². The molecule has 4 aromatic rings. The Balaban J connectivity index is 1.30. The smallest absolute Gasteiger partial charge is 0.341 e. The predicted octanol–water partition coefficient (Wildman–Crippen LogP) is 6.61. The summed E-state index contributed by atoms with van der Waals surface area (Å²) in [5.74, 6) is 1.53. The molecule has 40 heavy (non-hydrogen) atoms. The van der Waals surface area contributed by atoms with Crippen LogP contribution in [0.3, 0.4) is 0 Å². The Hall–Kier alpha value is -3.76. The van der Waals surface area contributed by atoms with Crippen molar-refractivity contribution in [2.45, 2.75) is 37.3 Å². The minimum absolute atomic E-state index is 0.145. The molecule has 1 amide bonds. The number of aromatic nitrogens is 2. The van der Waals surface area contributed by atoms with Gasteiger partial charge in [0.15, 0.2) is 5.16 Å². The van der Waals surface area contributed by atoms with Crippen LogP contribution < -0.4 is 14.8 Å². The number of thiophene rings is 1. The van der Waals surface area contributed by atoms with E-state index in [0.717, 1.165) is 65.3 Å². The molecule has 2 heterocycles. The molecule has 0 saturated carbocycles. The van der Waals surface area contributed by atoms with Crippen LogP contribution in [-0.4, -0.2) is 48.9 Å². The Morgan fingerprint density at radius 3 is 2.25 bits per heavy atom. The first-order chi connectivity index (χ1) is 19.5. The molecule has 2 aromatic carbocycles. The molecule has 0 aliphatic heterocycles. The third-order valence-corrected chi connectivity index (χ3v) is 8.89. The van der Waals surface area contributed by atoms with Gasteiger partial charge in [-0.25, -0.2) is 9.78 Å². The van der Waals surface area contributed by atoms with E-state index in [1.165, 1.54) is 35.1 Å². The summed E-state index contributed by atoms with van der Waals surface area (Å²) in [5, 5.41) is 4.28. The number of hydrogen-bond donors (Lipinski definition) is 2. The number of esters is 1. The van der Waals surface area contributed by atoms with Crippen LogP contribution in [0.5, 0.6) is 11.5 Å². The number of nitrogens with zero attached hydrogens (tertiary/aromatic N) is 1. The highest BCUT2D eigenvalue weighted by Gasteiger charge is 2.27. The molecule has 0 bridgehead atoms. The van der Waals surface area contributed by atoms with Crippen molar-refractivity contribution in [2.75, 3.05) is 32.4 Å². The first kappa shape index (κ1) is 27.8. The van der Waals surface area contributed by atoms with Gasteiger partial charge in [-0.2, -0.15) is 0 Å². The molecular formula is C30H31N3O5S2. The summed E-state index contributed by atoms with van der Waals surface area (Å²) in [6, 6.07) is 15.6. The van der Waals surface area contributed by atoms with Crippen molar-refractivity contribution < 1.29 is 23.8 Å². The number of carbonyl (C=O) groups excluding carboxylic acids is 2. The van der Waals surface area contributed by atoms with Gasteiger partial charge in [-0.3, -0.25) is 4.79 Å². The number of anilines is 1. The zero-order chi connectivity index (χ0) is 28.1. The van der Waals surface area contributed by atoms with E-state index in [9.17, 15) is 9.59 Å². The fraction of sp³-hybridized carbons (Fsp3) is 0.300. The van der Waals surface area contributed by atoms with E-state index < -0.39 is 5.97 Å². The number of hydrogen-bond acceptors (Lipinski definition) is 8. The first-order valence-corrected chi connectivity index (χ1v) is 14.8. The number of aryl methyl sites for hydroxylation is 1. The molecule has 2 N–H and O–H groups in total. The Labute approximate surface area is 241 Å². The number of aromatic amines is 1. The summed E-state index contributed by atoms with van der Waals surface area (Å²) in [6.45, 7) is 0. The Morgan fingerprint density at radius 1 is 0.950 bits per heavy atom. The van der Waals surface area contributed by atoms with E-state index in [1.54, 1.807) is 14.2 Å². The van der Waals surface area contributed by atoms with Gasteiger partial charge in [0.1, 0.15) is 16.5 Å². The van der Waals surface area contributed by atoms with Gasteiger partial charge in [0.2, 0.25) is 5.91 Å². The third kappa shape index (κ3) is 6.03. The van der Waals surface area contributed by atoms with Crippen molar-refractivity contribution in [1.29, 1.82) is 0 Å². The number of nitrogens with one attached hydrogen (secondary N) is 2. The Morgan fingerprint density at radius 2 is 1.60 bits per heavy atom. The second-order valence-corrected chi connectivity index (χ2v) is 11.5. The molecule has 208 valence electrons. The fourth-order valence-electron chi connectivity index (χ4n) is 4.75. The third-order valence-electron chi connectivity index (χ3n) is 6.81. The standard InChI is InChI=1S/C30H31N3O5S2/c1-36-20-12-8-18(9-13-20)26-27(19-10-14-21(37-2)15-11-19)33-30(32-26)39-17-16-24(34)31-28-25(29(35)38-3)22-6-4-5-7-23(22)40-28/h8-15H,4-7,16-17H2,1-3H3,(H,31,34)(H,32,33). The van der Waals surface area contributed by atoms with Gasteiger partial charge in [0.25, 0.3) is 0 Å². The van der Waals surface area contributed by atoms with Gasteiger partial charge in [0.05, 0.1) is 38.3 Å². The average molecular weight is 578 g/mol. The monoisotopic (exact) mass is 577 g/mol. The summed E-state index contributed by atoms with van der Waals surface area (Å²) < 4.78 is 15.6. The molecule has 0 fully saturated rings. The number of fused-ring (bicyclic) bond motifs is 1. The molecular weight excluding hydrogens is 546 g/mol. The van der Waals surface area contributed by atoms with Gasteiger partial charge < -0.3 is 24.5 Å². The van der Waals surface area contributed by atoms with Gasteiger partial charge >= 0.3 is 5.97 Å². The number of amides is 1. The maximum absolute atomic E-state index is 12.9. The number of ether oxygens (including phenoxy) is 3. The zero-order valence-corrected chi connectivity index (χ0v) is 24.3. The number of methoxy groups -OCH3 is 3. The zero-order valence-electron chi connectivity index (χ0n) is 22.7. The van der Waals surface area contributed by atoms with Crippen LogP contribution >= 0.6 is 23.1 Å². The largest absolute Gasteiger partial charge is 0.497 e. The van der Waals surface area contributed by atoms with Crippen molar-refractivity contribution in [3.63, 3.8) is 0 Å². The van der Waals surface area contributed by atoms with Crippen LogP contribution in [0.15, 0.2) is 53.7 Å². The maximum atomic E-state index is 12.9. The Bertz CT molecular complexity index is 1430. The molecule has 1 aliphatic rings. The lowest BCUT2D eigenvalue weighted by molar-refractivity contribution is -0.115. The molecule has 0 spiro atoms. The number of H-pyrrole nitrogens is 1. The van der Waals surface area contributed by atoms with Crippen LogP contribution in [-0.2, 0) is 22.4 Å². The number of imidazole rings is 1. The van der Waals surface area contributed by atoms with Crippen LogP contribution in [0, 0.1) is 0 Å². The lowest BCUT2D eigenvalue weighted by atomic mass is 9.95. The molecule has 0 atom stereocenters.